The molecule has 4 aromatic heterocycles. The number of H-pyrrole nitrogens is 4. The third-order valence-electron chi connectivity index (χ3n) is 8.03. The molecule has 232 valence electrons. The molecular weight excluding hydrogens is 580 g/mol. The van der Waals surface area contributed by atoms with Crippen molar-refractivity contribution in [2.45, 2.75) is 13.8 Å². The summed E-state index contributed by atoms with van der Waals surface area (Å²) >= 11 is 0. The van der Waals surface area contributed by atoms with Crippen molar-refractivity contribution in [2.75, 3.05) is 14.2 Å². The van der Waals surface area contributed by atoms with Crippen molar-refractivity contribution < 1.29 is 24.8 Å². The van der Waals surface area contributed by atoms with Crippen LogP contribution in [0.4, 0.5) is 0 Å². The average molecular weight is 615 g/mol. The number of benzene rings is 4. The number of fused-ring (bicyclic) bond motifs is 4. The number of aliphatic hydroxyl groups is 1. The van der Waals surface area contributed by atoms with E-state index in [9.17, 15) is 9.90 Å². The van der Waals surface area contributed by atoms with E-state index in [1.54, 1.807) is 6.92 Å². The summed E-state index contributed by atoms with van der Waals surface area (Å²) in [5, 5.41) is 21.3. The van der Waals surface area contributed by atoms with Gasteiger partial charge in [0.05, 0.1) is 24.1 Å². The summed E-state index contributed by atoms with van der Waals surface area (Å²) in [6, 6.07) is 31.5. The Hall–Kier alpha value is -5.77. The molecule has 6 N–H and O–H groups in total. The number of aromatic hydroxyl groups is 1. The van der Waals surface area contributed by atoms with Crippen LogP contribution in [0.2, 0.25) is 0 Å². The Morgan fingerprint density at radius 3 is 1.59 bits per heavy atom. The van der Waals surface area contributed by atoms with Crippen molar-refractivity contribution in [3.05, 3.63) is 108 Å². The predicted octanol–water partition coefficient (Wildman–Crippen LogP) is 8.40. The zero-order valence-electron chi connectivity index (χ0n) is 25.9. The Balaban J connectivity index is 0.000000153. The molecule has 9 nitrogen and oxygen atoms in total. The molecule has 0 radical (unpaired) electrons. The highest BCUT2D eigenvalue weighted by Crippen LogP contribution is 2.43. The van der Waals surface area contributed by atoms with Crippen LogP contribution in [0.5, 0.6) is 11.5 Å². The monoisotopic (exact) mass is 614 g/mol. The minimum Gasteiger partial charge on any atom is -0.505 e. The summed E-state index contributed by atoms with van der Waals surface area (Å²) in [6.45, 7) is 3.71. The molecule has 46 heavy (non-hydrogen) atoms. The van der Waals surface area contributed by atoms with Crippen molar-refractivity contribution in [1.29, 1.82) is 0 Å². The van der Waals surface area contributed by atoms with Crippen molar-refractivity contribution in [3.63, 3.8) is 0 Å². The number of hydrogen-bond acceptors (Lipinski definition) is 5. The van der Waals surface area contributed by atoms with E-state index in [0.29, 0.717) is 17.1 Å². The molecular formula is C37H34N4O5. The third-order valence-corrected chi connectivity index (χ3v) is 8.03. The van der Waals surface area contributed by atoms with Crippen LogP contribution in [-0.4, -0.2) is 50.2 Å². The molecule has 0 bridgehead atoms. The van der Waals surface area contributed by atoms with Gasteiger partial charge < -0.3 is 35.0 Å². The highest BCUT2D eigenvalue weighted by Gasteiger charge is 2.22. The van der Waals surface area contributed by atoms with E-state index in [1.165, 1.54) is 12.5 Å². The van der Waals surface area contributed by atoms with E-state index < -0.39 is 0 Å². The van der Waals surface area contributed by atoms with Crippen molar-refractivity contribution in [3.8, 4) is 34.3 Å². The minimum absolute atomic E-state index is 0.0745. The molecule has 4 heterocycles. The van der Waals surface area contributed by atoms with Gasteiger partial charge in [-0.25, -0.2) is 0 Å². The Morgan fingerprint density at radius 1 is 0.587 bits per heavy atom. The zero-order chi connectivity index (χ0) is 32.4. The fourth-order valence-corrected chi connectivity index (χ4v) is 6.00. The summed E-state index contributed by atoms with van der Waals surface area (Å²) in [6.07, 6.45) is 0. The van der Waals surface area contributed by atoms with Crippen LogP contribution in [0, 0.1) is 6.92 Å². The number of rotatable bonds is 5. The number of carbonyl (C=O) groups is 1. The molecule has 0 aliphatic rings. The quantitative estimate of drug-likeness (QED) is 0.0656. The number of carbonyl (C=O) groups excluding carboxylic acids is 1. The number of para-hydroxylation sites is 4. The van der Waals surface area contributed by atoms with Gasteiger partial charge in [0.1, 0.15) is 11.4 Å². The smallest absolute Gasteiger partial charge is 0.200 e. The van der Waals surface area contributed by atoms with Gasteiger partial charge in [-0.2, -0.15) is 4.89 Å². The largest absolute Gasteiger partial charge is 0.505 e. The normalized spacial score (nSPS) is 11.0. The maximum atomic E-state index is 12.2. The number of aromatic amines is 4. The average Bonchev–Trinajstić information content (AvgIpc) is 3.83. The molecule has 8 rings (SSSR count). The minimum atomic E-state index is 0.0745. The van der Waals surface area contributed by atoms with Gasteiger partial charge in [-0.3, -0.25) is 4.79 Å². The summed E-state index contributed by atoms with van der Waals surface area (Å²) in [7, 11) is 2.45. The molecule has 0 saturated carbocycles. The van der Waals surface area contributed by atoms with E-state index in [1.807, 2.05) is 84.9 Å². The number of aryl methyl sites for hydroxylation is 1. The van der Waals surface area contributed by atoms with Crippen LogP contribution in [-0.2, 0) is 4.89 Å². The van der Waals surface area contributed by atoms with E-state index in [4.69, 9.17) is 14.9 Å². The molecule has 0 atom stereocenters. The molecule has 0 unspecified atom stereocenters. The first-order valence-corrected chi connectivity index (χ1v) is 14.7. The molecule has 0 amide bonds. The third kappa shape index (κ3) is 5.17. The van der Waals surface area contributed by atoms with Gasteiger partial charge in [0.2, 0.25) is 0 Å². The van der Waals surface area contributed by atoms with Gasteiger partial charge in [0, 0.05) is 50.7 Å². The maximum absolute atomic E-state index is 12.2. The Labute approximate surface area is 264 Å². The van der Waals surface area contributed by atoms with Crippen molar-refractivity contribution in [1.82, 2.24) is 19.9 Å². The lowest BCUT2D eigenvalue weighted by atomic mass is 10.0. The lowest BCUT2D eigenvalue weighted by Gasteiger charge is -2.03. The molecule has 4 aromatic carbocycles. The SMILES string of the molecule is CC(=O)c1c(-c2[nH]c3ccccc3c2C)[nH]c2ccccc12.CO.COOc1c(-c2[nH]c3ccccc3c2O)[nH]c2ccccc12. The lowest BCUT2D eigenvalue weighted by Crippen LogP contribution is -1.95. The van der Waals surface area contributed by atoms with Gasteiger partial charge in [-0.15, -0.1) is 0 Å². The second kappa shape index (κ2) is 12.7. The van der Waals surface area contributed by atoms with Crippen LogP contribution in [0.3, 0.4) is 0 Å². The Bertz CT molecular complexity index is 2320. The first-order chi connectivity index (χ1) is 22.5. The van der Waals surface area contributed by atoms with Gasteiger partial charge in [0.15, 0.2) is 17.3 Å². The van der Waals surface area contributed by atoms with Gasteiger partial charge in [-0.1, -0.05) is 60.7 Å². The molecule has 0 spiro atoms. The van der Waals surface area contributed by atoms with Crippen LogP contribution >= 0.6 is 0 Å². The second-order valence-corrected chi connectivity index (χ2v) is 10.7. The van der Waals surface area contributed by atoms with E-state index >= 15 is 0 Å². The van der Waals surface area contributed by atoms with Crippen LogP contribution in [0.25, 0.3) is 66.4 Å². The number of hydrogen-bond donors (Lipinski definition) is 6. The van der Waals surface area contributed by atoms with E-state index in [-0.39, 0.29) is 11.5 Å². The van der Waals surface area contributed by atoms with E-state index in [2.05, 4.69) is 39.0 Å². The number of ketones is 1. The highest BCUT2D eigenvalue weighted by atomic mass is 17.2. The highest BCUT2D eigenvalue weighted by molar-refractivity contribution is 6.13. The van der Waals surface area contributed by atoms with Crippen LogP contribution in [0.1, 0.15) is 22.8 Å². The molecule has 0 aliphatic carbocycles. The molecule has 0 aliphatic heterocycles. The van der Waals surface area contributed by atoms with Crippen molar-refractivity contribution >= 4 is 49.4 Å². The number of nitrogens with one attached hydrogen (secondary N) is 4. The summed E-state index contributed by atoms with van der Waals surface area (Å²) in [5.74, 6) is 0.800. The summed E-state index contributed by atoms with van der Waals surface area (Å²) in [4.78, 5) is 35.8. The lowest BCUT2D eigenvalue weighted by molar-refractivity contribution is -0.176. The molecule has 8 aromatic rings. The number of aliphatic hydroxyl groups excluding tert-OH is 1. The molecule has 0 saturated heterocycles. The topological polar surface area (TPSA) is 139 Å². The molecule has 0 fully saturated rings. The van der Waals surface area contributed by atoms with E-state index in [0.717, 1.165) is 67.9 Å². The predicted molar refractivity (Wildman–Crippen MR) is 183 cm³/mol. The standard InChI is InChI=1S/C19H16N2O.C17H14N2O3.CH4O/c1-11-13-7-3-5-9-15(13)20-18(11)19-17(12(2)22)14-8-4-6-10-16(14)21-19;1-21-22-17-11-7-3-5-9-13(11)19-15(17)14-16(20)10-6-2-4-8-12(10)18-14;1-2/h3-10,20-21H,1-2H3;2-9,18-20H,1H3;2H,1H3. The summed E-state index contributed by atoms with van der Waals surface area (Å²) < 4.78 is 0. The first-order valence-electron chi connectivity index (χ1n) is 14.7. The fourth-order valence-electron chi connectivity index (χ4n) is 6.00. The zero-order valence-corrected chi connectivity index (χ0v) is 25.9. The molecule has 9 heteroatoms. The van der Waals surface area contributed by atoms with Gasteiger partial charge in [-0.05, 0) is 55.8 Å². The first kappa shape index (κ1) is 30.3. The Kier molecular flexibility index (Phi) is 8.35. The fraction of sp³-hybridized carbons (Fsp3) is 0.108. The second-order valence-electron chi connectivity index (χ2n) is 10.7. The number of Topliss-reactive ketones (excluding diaryl/α,β-unsaturated/α-hetero) is 1. The summed E-state index contributed by atoms with van der Waals surface area (Å²) in [5.41, 5.74) is 8.84. The Morgan fingerprint density at radius 2 is 1.02 bits per heavy atom. The van der Waals surface area contributed by atoms with Crippen LogP contribution in [0.15, 0.2) is 97.1 Å². The van der Waals surface area contributed by atoms with Crippen molar-refractivity contribution in [2.24, 2.45) is 0 Å². The van der Waals surface area contributed by atoms with Gasteiger partial charge in [0.25, 0.3) is 0 Å². The maximum Gasteiger partial charge on any atom is 0.200 e. The number of aromatic nitrogens is 4. The van der Waals surface area contributed by atoms with Crippen LogP contribution < -0.4 is 4.89 Å². The van der Waals surface area contributed by atoms with Gasteiger partial charge >= 0.3 is 0 Å².